The molecule has 0 spiro atoms. The molecule has 0 aliphatic rings. The molecule has 0 aliphatic heterocycles. The third-order valence-corrected chi connectivity index (χ3v) is 4.51. The summed E-state index contributed by atoms with van der Waals surface area (Å²) in [5, 5.41) is 0. The van der Waals surface area contributed by atoms with Crippen molar-refractivity contribution in [2.24, 2.45) is 0 Å². The molecule has 4 heteroatoms. The van der Waals surface area contributed by atoms with Crippen LogP contribution in [0.25, 0.3) is 0 Å². The van der Waals surface area contributed by atoms with E-state index in [0.717, 1.165) is 55.4 Å². The van der Waals surface area contributed by atoms with E-state index < -0.39 is 5.97 Å². The van der Waals surface area contributed by atoms with Crippen molar-refractivity contribution in [3.05, 3.63) is 0 Å². The van der Waals surface area contributed by atoms with Gasteiger partial charge in [0.2, 0.25) is 0 Å². The van der Waals surface area contributed by atoms with E-state index in [9.17, 15) is 0 Å². The normalized spacial score (nSPS) is 12.1. The van der Waals surface area contributed by atoms with E-state index in [4.69, 9.17) is 14.2 Å². The van der Waals surface area contributed by atoms with Crippen LogP contribution in [0.5, 0.6) is 0 Å². The van der Waals surface area contributed by atoms with Crippen molar-refractivity contribution >= 4 is 10.2 Å². The first kappa shape index (κ1) is 21.1. The minimum Gasteiger partial charge on any atom is -0.328 e. The quantitative estimate of drug-likeness (QED) is 0.244. The van der Waals surface area contributed by atoms with Gasteiger partial charge in [-0.15, -0.1) is 0 Å². The van der Waals surface area contributed by atoms with Gasteiger partial charge in [0.15, 0.2) is 0 Å². The fourth-order valence-corrected chi connectivity index (χ4v) is 2.78. The maximum absolute atomic E-state index is 6.03. The Balaban J connectivity index is 4.22. The van der Waals surface area contributed by atoms with E-state index in [1.54, 1.807) is 0 Å². The summed E-state index contributed by atoms with van der Waals surface area (Å²) < 4.78 is 18.1. The fraction of sp³-hybridized carbons (Fsp3) is 1.00. The van der Waals surface area contributed by atoms with E-state index >= 15 is 0 Å². The first-order valence-electron chi connectivity index (χ1n) is 9.16. The van der Waals surface area contributed by atoms with Crippen molar-refractivity contribution in [1.29, 1.82) is 0 Å². The summed E-state index contributed by atoms with van der Waals surface area (Å²) in [6.07, 6.45) is 10.6. The first-order chi connectivity index (χ1) is 10.2. The molecule has 0 amide bonds. The Morgan fingerprint density at radius 3 is 1.19 bits per heavy atom. The molecule has 0 unspecified atom stereocenters. The molecule has 0 aromatic heterocycles. The second-order valence-electron chi connectivity index (χ2n) is 5.70. The van der Waals surface area contributed by atoms with Gasteiger partial charge in [-0.1, -0.05) is 59.3 Å². The molecule has 0 saturated heterocycles. The van der Waals surface area contributed by atoms with Crippen LogP contribution in [-0.2, 0) is 14.2 Å². The molecule has 3 nitrogen and oxygen atoms in total. The Morgan fingerprint density at radius 1 is 0.619 bits per heavy atom. The molecular formula is C17H38O3Si. The SMILES string of the molecule is CCCCCOC(C[SiH3])(OCCCCC)OCCCCC. The van der Waals surface area contributed by atoms with Gasteiger partial charge >= 0.3 is 0 Å². The largest absolute Gasteiger partial charge is 0.328 e. The van der Waals surface area contributed by atoms with E-state index in [1.165, 1.54) is 38.5 Å². The Labute approximate surface area is 135 Å². The molecule has 0 aromatic carbocycles. The minimum atomic E-state index is -0.749. The van der Waals surface area contributed by atoms with Gasteiger partial charge in [-0.05, 0) is 19.3 Å². The smallest absolute Gasteiger partial charge is 0.279 e. The van der Waals surface area contributed by atoms with Crippen molar-refractivity contribution in [2.45, 2.75) is 90.6 Å². The summed E-state index contributed by atoms with van der Waals surface area (Å²) in [6.45, 7) is 8.88. The van der Waals surface area contributed by atoms with Gasteiger partial charge in [0.05, 0.1) is 19.8 Å². The zero-order valence-corrected chi connectivity index (χ0v) is 16.9. The van der Waals surface area contributed by atoms with Crippen molar-refractivity contribution in [2.75, 3.05) is 19.8 Å². The highest BCUT2D eigenvalue weighted by atomic mass is 28.1. The number of rotatable bonds is 16. The lowest BCUT2D eigenvalue weighted by atomic mass is 10.2. The van der Waals surface area contributed by atoms with Gasteiger partial charge in [0, 0.05) is 16.3 Å². The van der Waals surface area contributed by atoms with Crippen molar-refractivity contribution in [3.63, 3.8) is 0 Å². The molecule has 0 heterocycles. The Kier molecular flexibility index (Phi) is 15.1. The molecule has 128 valence electrons. The number of ether oxygens (including phenoxy) is 3. The highest BCUT2D eigenvalue weighted by Gasteiger charge is 2.31. The molecule has 0 atom stereocenters. The molecule has 0 radical (unpaired) electrons. The summed E-state index contributed by atoms with van der Waals surface area (Å²) in [6, 6.07) is 0.886. The van der Waals surface area contributed by atoms with Crippen LogP contribution in [-0.4, -0.2) is 36.0 Å². The summed E-state index contributed by atoms with van der Waals surface area (Å²) in [5.41, 5.74) is 0. The molecule has 0 aliphatic carbocycles. The lowest BCUT2D eigenvalue weighted by Crippen LogP contribution is -2.40. The molecule has 21 heavy (non-hydrogen) atoms. The summed E-state index contributed by atoms with van der Waals surface area (Å²) in [7, 11) is 1.03. The minimum absolute atomic E-state index is 0.748. The zero-order chi connectivity index (χ0) is 15.8. The average molecular weight is 319 g/mol. The maximum Gasteiger partial charge on any atom is 0.279 e. The van der Waals surface area contributed by atoms with Gasteiger partial charge < -0.3 is 14.2 Å². The molecule has 0 N–H and O–H groups in total. The lowest BCUT2D eigenvalue weighted by Gasteiger charge is -2.32. The number of hydrogen-bond acceptors (Lipinski definition) is 3. The van der Waals surface area contributed by atoms with Gasteiger partial charge in [-0.3, -0.25) is 0 Å². The number of unbranched alkanes of at least 4 members (excludes halogenated alkanes) is 6. The monoisotopic (exact) mass is 318 g/mol. The van der Waals surface area contributed by atoms with Crippen LogP contribution >= 0.6 is 0 Å². The highest BCUT2D eigenvalue weighted by molar-refractivity contribution is 6.09. The standard InChI is InChI=1S/C17H38O3Si/c1-4-7-10-13-18-17(16-21,19-14-11-8-5-2)20-15-12-9-6-3/h4-16H2,1-3,21H3. The van der Waals surface area contributed by atoms with Crippen LogP contribution < -0.4 is 0 Å². The Hall–Kier alpha value is 0.0969. The van der Waals surface area contributed by atoms with Crippen LogP contribution in [0, 0.1) is 0 Å². The highest BCUT2D eigenvalue weighted by Crippen LogP contribution is 2.22. The summed E-state index contributed by atoms with van der Waals surface area (Å²) in [5.74, 6) is -0.749. The predicted molar refractivity (Wildman–Crippen MR) is 93.9 cm³/mol. The van der Waals surface area contributed by atoms with Crippen molar-refractivity contribution in [3.8, 4) is 0 Å². The molecule has 0 saturated carbocycles. The molecule has 0 bridgehead atoms. The van der Waals surface area contributed by atoms with Gasteiger partial charge in [-0.25, -0.2) is 0 Å². The van der Waals surface area contributed by atoms with E-state index in [0.29, 0.717) is 0 Å². The van der Waals surface area contributed by atoms with E-state index in [-0.39, 0.29) is 0 Å². The number of hydrogen-bond donors (Lipinski definition) is 0. The van der Waals surface area contributed by atoms with Crippen molar-refractivity contribution < 1.29 is 14.2 Å². The van der Waals surface area contributed by atoms with Crippen LogP contribution in [0.2, 0.25) is 6.04 Å². The van der Waals surface area contributed by atoms with Crippen LogP contribution in [0.4, 0.5) is 0 Å². The van der Waals surface area contributed by atoms with Crippen LogP contribution in [0.15, 0.2) is 0 Å². The summed E-state index contributed by atoms with van der Waals surface area (Å²) >= 11 is 0. The summed E-state index contributed by atoms with van der Waals surface area (Å²) in [4.78, 5) is 0. The Bertz CT molecular complexity index is 181. The van der Waals surface area contributed by atoms with Gasteiger partial charge in [-0.2, -0.15) is 0 Å². The Morgan fingerprint density at radius 2 is 0.952 bits per heavy atom. The third kappa shape index (κ3) is 11.3. The van der Waals surface area contributed by atoms with Gasteiger partial charge in [0.1, 0.15) is 0 Å². The maximum atomic E-state index is 6.03. The zero-order valence-electron chi connectivity index (χ0n) is 14.9. The van der Waals surface area contributed by atoms with E-state index in [2.05, 4.69) is 20.8 Å². The predicted octanol–water partition coefficient (Wildman–Crippen LogP) is 4.04. The third-order valence-electron chi connectivity index (χ3n) is 3.64. The van der Waals surface area contributed by atoms with Crippen LogP contribution in [0.3, 0.4) is 0 Å². The lowest BCUT2D eigenvalue weighted by molar-refractivity contribution is -0.369. The topological polar surface area (TPSA) is 27.7 Å². The molecule has 0 fully saturated rings. The van der Waals surface area contributed by atoms with Crippen molar-refractivity contribution in [1.82, 2.24) is 0 Å². The average Bonchev–Trinajstić information content (AvgIpc) is 2.51. The molecule has 0 aromatic rings. The van der Waals surface area contributed by atoms with Crippen LogP contribution in [0.1, 0.15) is 78.6 Å². The molecular weight excluding hydrogens is 280 g/mol. The first-order valence-corrected chi connectivity index (χ1v) is 10.6. The second kappa shape index (κ2) is 15.0. The van der Waals surface area contributed by atoms with E-state index in [1.807, 2.05) is 0 Å². The van der Waals surface area contributed by atoms with Gasteiger partial charge in [0.25, 0.3) is 5.97 Å². The second-order valence-corrected chi connectivity index (χ2v) is 6.41. The fourth-order valence-electron chi connectivity index (χ4n) is 2.17. The molecule has 0 rings (SSSR count).